The van der Waals surface area contributed by atoms with E-state index in [-0.39, 0.29) is 0 Å². The summed E-state index contributed by atoms with van der Waals surface area (Å²) in [6, 6.07) is 7.75. The first-order valence-electron chi connectivity index (χ1n) is 6.32. The Hall–Kier alpha value is -2.36. The Balaban J connectivity index is 2.17. The van der Waals surface area contributed by atoms with Gasteiger partial charge in [0.2, 0.25) is 0 Å². The van der Waals surface area contributed by atoms with Crippen LogP contribution in [0, 0.1) is 0 Å². The predicted octanol–water partition coefficient (Wildman–Crippen LogP) is 3.52. The van der Waals surface area contributed by atoms with Crippen LogP contribution in [0.1, 0.15) is 23.7 Å². The van der Waals surface area contributed by atoms with Crippen LogP contribution in [0.5, 0.6) is 0 Å². The van der Waals surface area contributed by atoms with Gasteiger partial charge in [0.25, 0.3) is 0 Å². The van der Waals surface area contributed by atoms with Crippen molar-refractivity contribution in [1.82, 2.24) is 9.78 Å². The smallest absolute Gasteiger partial charge is 0.153 e. The molecule has 0 radical (unpaired) electrons. The molecule has 0 bridgehead atoms. The molecule has 0 fully saturated rings. The van der Waals surface area contributed by atoms with Crippen molar-refractivity contribution in [3.63, 3.8) is 0 Å². The maximum atomic E-state index is 11.2. The van der Waals surface area contributed by atoms with Gasteiger partial charge in [0.05, 0.1) is 5.56 Å². The minimum Gasteiger partial charge on any atom is -0.464 e. The molecule has 0 saturated heterocycles. The summed E-state index contributed by atoms with van der Waals surface area (Å²) in [6.45, 7) is 2.88. The van der Waals surface area contributed by atoms with Crippen molar-refractivity contribution in [1.29, 1.82) is 0 Å². The topological polar surface area (TPSA) is 48.0 Å². The Bertz CT molecular complexity index is 725. The zero-order chi connectivity index (χ0) is 13.2. The number of hydrogen-bond donors (Lipinski definition) is 0. The zero-order valence-corrected chi connectivity index (χ0v) is 10.7. The Morgan fingerprint density at radius 1 is 1.37 bits per heavy atom. The van der Waals surface area contributed by atoms with Crippen LogP contribution in [0.3, 0.4) is 0 Å². The van der Waals surface area contributed by atoms with Gasteiger partial charge in [-0.15, -0.1) is 0 Å². The van der Waals surface area contributed by atoms with E-state index in [9.17, 15) is 4.79 Å². The second-order valence-electron chi connectivity index (χ2n) is 4.46. The fourth-order valence-electron chi connectivity index (χ4n) is 2.24. The van der Waals surface area contributed by atoms with Gasteiger partial charge in [0, 0.05) is 23.7 Å². The number of fused-ring (bicyclic) bond motifs is 1. The number of rotatable bonds is 4. The number of nitrogens with zero attached hydrogens (tertiary/aromatic N) is 2. The molecule has 2 heterocycles. The van der Waals surface area contributed by atoms with Crippen molar-refractivity contribution < 1.29 is 9.21 Å². The summed E-state index contributed by atoms with van der Waals surface area (Å²) in [5.74, 6) is 0. The number of carbonyl (C=O) groups is 1. The van der Waals surface area contributed by atoms with E-state index in [1.54, 1.807) is 17.1 Å². The van der Waals surface area contributed by atoms with Crippen molar-refractivity contribution in [2.75, 3.05) is 0 Å². The van der Waals surface area contributed by atoms with Crippen LogP contribution >= 0.6 is 0 Å². The van der Waals surface area contributed by atoms with Gasteiger partial charge in [0.15, 0.2) is 6.29 Å². The summed E-state index contributed by atoms with van der Waals surface area (Å²) in [5.41, 5.74) is 2.96. The molecule has 0 aliphatic heterocycles. The van der Waals surface area contributed by atoms with Crippen molar-refractivity contribution in [2.24, 2.45) is 0 Å². The van der Waals surface area contributed by atoms with Gasteiger partial charge >= 0.3 is 0 Å². The molecule has 4 nitrogen and oxygen atoms in total. The monoisotopic (exact) mass is 254 g/mol. The fourth-order valence-corrected chi connectivity index (χ4v) is 2.24. The van der Waals surface area contributed by atoms with Gasteiger partial charge in [-0.3, -0.25) is 9.48 Å². The largest absolute Gasteiger partial charge is 0.464 e. The van der Waals surface area contributed by atoms with Gasteiger partial charge in [-0.05, 0) is 12.5 Å². The second kappa shape index (κ2) is 4.72. The van der Waals surface area contributed by atoms with Crippen molar-refractivity contribution in [2.45, 2.75) is 19.9 Å². The highest BCUT2D eigenvalue weighted by Crippen LogP contribution is 2.31. The minimum absolute atomic E-state index is 0.597. The highest BCUT2D eigenvalue weighted by molar-refractivity contribution is 5.97. The van der Waals surface area contributed by atoms with E-state index in [1.165, 1.54) is 0 Å². The molecule has 3 aromatic rings. The Labute approximate surface area is 110 Å². The number of furan rings is 1. The average molecular weight is 254 g/mol. The van der Waals surface area contributed by atoms with E-state index in [2.05, 4.69) is 12.0 Å². The quantitative estimate of drug-likeness (QED) is 0.669. The van der Waals surface area contributed by atoms with E-state index in [1.807, 2.05) is 24.3 Å². The lowest BCUT2D eigenvalue weighted by molar-refractivity contribution is 0.112. The number of carbonyl (C=O) groups excluding carboxylic acids is 1. The van der Waals surface area contributed by atoms with Crippen LogP contribution in [-0.2, 0) is 6.54 Å². The Morgan fingerprint density at radius 3 is 3.00 bits per heavy atom. The van der Waals surface area contributed by atoms with Gasteiger partial charge in [0.1, 0.15) is 17.5 Å². The lowest BCUT2D eigenvalue weighted by Gasteiger charge is -1.96. The van der Waals surface area contributed by atoms with Crippen LogP contribution in [0.25, 0.3) is 22.2 Å². The zero-order valence-electron chi connectivity index (χ0n) is 10.7. The normalized spacial score (nSPS) is 11.0. The lowest BCUT2D eigenvalue weighted by Crippen LogP contribution is -1.96. The molecule has 0 unspecified atom stereocenters. The molecule has 0 atom stereocenters. The average Bonchev–Trinajstić information content (AvgIpc) is 3.02. The summed E-state index contributed by atoms with van der Waals surface area (Å²) in [4.78, 5) is 11.2. The Kier molecular flexibility index (Phi) is 2.91. The highest BCUT2D eigenvalue weighted by atomic mass is 16.3. The van der Waals surface area contributed by atoms with Gasteiger partial charge < -0.3 is 4.42 Å². The number of para-hydroxylation sites is 1. The third kappa shape index (κ3) is 1.95. The van der Waals surface area contributed by atoms with Gasteiger partial charge in [-0.25, -0.2) is 0 Å². The summed E-state index contributed by atoms with van der Waals surface area (Å²) < 4.78 is 7.31. The number of aldehydes is 1. The molecule has 0 spiro atoms. The first-order chi connectivity index (χ1) is 9.33. The molecule has 0 amide bonds. The molecule has 3 rings (SSSR count). The molecule has 4 heteroatoms. The molecule has 0 saturated carbocycles. The summed E-state index contributed by atoms with van der Waals surface area (Å²) >= 11 is 0. The highest BCUT2D eigenvalue weighted by Gasteiger charge is 2.15. The van der Waals surface area contributed by atoms with Crippen LogP contribution < -0.4 is 0 Å². The molecule has 1 aromatic carbocycles. The minimum atomic E-state index is 0.597. The lowest BCUT2D eigenvalue weighted by atomic mass is 10.1. The van der Waals surface area contributed by atoms with Crippen LogP contribution in [0.15, 0.2) is 41.1 Å². The van der Waals surface area contributed by atoms with Crippen LogP contribution in [0.2, 0.25) is 0 Å². The van der Waals surface area contributed by atoms with Crippen LogP contribution in [0.4, 0.5) is 0 Å². The van der Waals surface area contributed by atoms with E-state index in [0.717, 1.165) is 35.8 Å². The van der Waals surface area contributed by atoms with Gasteiger partial charge in [-0.1, -0.05) is 25.1 Å². The standard InChI is InChI=1S/C15H14N2O2/c1-2-7-17-8-11(9-18)15(16-17)13-10-19-14-6-4-3-5-12(13)14/h3-6,8-10H,2,7H2,1H3. The molecule has 96 valence electrons. The number of benzene rings is 1. The van der Waals surface area contributed by atoms with E-state index in [0.29, 0.717) is 11.3 Å². The molecule has 19 heavy (non-hydrogen) atoms. The second-order valence-corrected chi connectivity index (χ2v) is 4.46. The first kappa shape index (κ1) is 11.7. The first-order valence-corrected chi connectivity index (χ1v) is 6.32. The van der Waals surface area contributed by atoms with Crippen molar-refractivity contribution in [3.05, 3.63) is 42.3 Å². The SMILES string of the molecule is CCCn1cc(C=O)c(-c2coc3ccccc23)n1. The molecule has 0 N–H and O–H groups in total. The number of aryl methyl sites for hydroxylation is 1. The number of hydrogen-bond acceptors (Lipinski definition) is 3. The van der Waals surface area contributed by atoms with E-state index < -0.39 is 0 Å². The predicted molar refractivity (Wildman–Crippen MR) is 73.1 cm³/mol. The van der Waals surface area contributed by atoms with Crippen molar-refractivity contribution >= 4 is 17.3 Å². The summed E-state index contributed by atoms with van der Waals surface area (Å²) in [7, 11) is 0. The van der Waals surface area contributed by atoms with E-state index >= 15 is 0 Å². The third-order valence-electron chi connectivity index (χ3n) is 3.11. The van der Waals surface area contributed by atoms with Gasteiger partial charge in [-0.2, -0.15) is 5.10 Å². The molecule has 0 aliphatic rings. The Morgan fingerprint density at radius 2 is 2.21 bits per heavy atom. The third-order valence-corrected chi connectivity index (χ3v) is 3.11. The molecular formula is C15H14N2O2. The fraction of sp³-hybridized carbons (Fsp3) is 0.200. The van der Waals surface area contributed by atoms with Crippen LogP contribution in [-0.4, -0.2) is 16.1 Å². The maximum absolute atomic E-state index is 11.2. The van der Waals surface area contributed by atoms with Crippen molar-refractivity contribution in [3.8, 4) is 11.3 Å². The summed E-state index contributed by atoms with van der Waals surface area (Å²) in [6.07, 6.45) is 5.27. The molecule has 2 aromatic heterocycles. The van der Waals surface area contributed by atoms with E-state index in [4.69, 9.17) is 4.42 Å². The molecule has 0 aliphatic carbocycles. The number of aromatic nitrogens is 2. The summed E-state index contributed by atoms with van der Waals surface area (Å²) in [5, 5.41) is 5.47. The maximum Gasteiger partial charge on any atom is 0.153 e. The molecular weight excluding hydrogens is 240 g/mol.